The quantitative estimate of drug-likeness (QED) is 0.520. The Morgan fingerprint density at radius 1 is 1.38 bits per heavy atom. The van der Waals surface area contributed by atoms with Crippen molar-refractivity contribution in [1.29, 1.82) is 0 Å². The molecule has 2 unspecified atom stereocenters. The lowest BCUT2D eigenvalue weighted by molar-refractivity contribution is 0.0579. The van der Waals surface area contributed by atoms with Crippen LogP contribution in [-0.2, 0) is 4.74 Å². The summed E-state index contributed by atoms with van der Waals surface area (Å²) < 4.78 is 5.70. The summed E-state index contributed by atoms with van der Waals surface area (Å²) in [6, 6.07) is 0. The fourth-order valence-electron chi connectivity index (χ4n) is 1.65. The third-order valence-electron chi connectivity index (χ3n) is 2.45. The highest BCUT2D eigenvalue weighted by molar-refractivity contribution is 4.86. The minimum atomic E-state index is 0.482. The zero-order chi connectivity index (χ0) is 9.52. The summed E-state index contributed by atoms with van der Waals surface area (Å²) in [7, 11) is 1.98. The fraction of sp³-hybridized carbons (Fsp3) is 0.818. The van der Waals surface area contributed by atoms with Crippen molar-refractivity contribution in [3.8, 4) is 0 Å². The second-order valence-electron chi connectivity index (χ2n) is 3.75. The van der Waals surface area contributed by atoms with Crippen LogP contribution in [0.25, 0.3) is 0 Å². The molecule has 0 aromatic rings. The Bertz CT molecular complexity index is 156. The standard InChI is InChI=1S/C11H21NO/c1-10-7-8-11(13-10)6-4-3-5-9-12-2/h3-4,10-12H,5-9H2,1-2H3/b4-3+. The van der Waals surface area contributed by atoms with Crippen LogP contribution in [0.4, 0.5) is 0 Å². The highest BCUT2D eigenvalue weighted by Gasteiger charge is 2.19. The molecule has 0 saturated carbocycles. The van der Waals surface area contributed by atoms with Crippen LogP contribution in [0.2, 0.25) is 0 Å². The highest BCUT2D eigenvalue weighted by Crippen LogP contribution is 2.21. The molecule has 1 saturated heterocycles. The molecule has 1 fully saturated rings. The Hall–Kier alpha value is -0.340. The lowest BCUT2D eigenvalue weighted by Crippen LogP contribution is -2.07. The zero-order valence-electron chi connectivity index (χ0n) is 8.75. The maximum atomic E-state index is 5.70. The molecular weight excluding hydrogens is 162 g/mol. The van der Waals surface area contributed by atoms with Gasteiger partial charge in [0.15, 0.2) is 0 Å². The Morgan fingerprint density at radius 2 is 2.23 bits per heavy atom. The molecule has 0 radical (unpaired) electrons. The molecule has 2 nitrogen and oxygen atoms in total. The summed E-state index contributed by atoms with van der Waals surface area (Å²) in [4.78, 5) is 0. The maximum Gasteiger partial charge on any atom is 0.0614 e. The minimum absolute atomic E-state index is 0.482. The van der Waals surface area contributed by atoms with Crippen LogP contribution in [0.5, 0.6) is 0 Å². The van der Waals surface area contributed by atoms with Gasteiger partial charge in [-0.1, -0.05) is 12.2 Å². The lowest BCUT2D eigenvalue weighted by atomic mass is 10.1. The first-order chi connectivity index (χ1) is 6.33. The van der Waals surface area contributed by atoms with Crippen molar-refractivity contribution in [2.45, 2.75) is 44.8 Å². The highest BCUT2D eigenvalue weighted by atomic mass is 16.5. The van der Waals surface area contributed by atoms with Crippen LogP contribution in [0, 0.1) is 0 Å². The zero-order valence-corrected chi connectivity index (χ0v) is 8.75. The van der Waals surface area contributed by atoms with E-state index in [4.69, 9.17) is 4.74 Å². The van der Waals surface area contributed by atoms with E-state index in [0.717, 1.165) is 19.4 Å². The second-order valence-corrected chi connectivity index (χ2v) is 3.75. The number of rotatable bonds is 5. The van der Waals surface area contributed by atoms with Crippen LogP contribution in [0.3, 0.4) is 0 Å². The van der Waals surface area contributed by atoms with Gasteiger partial charge in [0.1, 0.15) is 0 Å². The van der Waals surface area contributed by atoms with E-state index in [9.17, 15) is 0 Å². The molecule has 0 spiro atoms. The van der Waals surface area contributed by atoms with Crippen LogP contribution in [0.15, 0.2) is 12.2 Å². The summed E-state index contributed by atoms with van der Waals surface area (Å²) in [6.45, 7) is 3.23. The molecule has 1 rings (SSSR count). The SMILES string of the molecule is CNCC/C=C/CC1CCC(C)O1. The molecule has 13 heavy (non-hydrogen) atoms. The van der Waals surface area contributed by atoms with Gasteiger partial charge in [0.25, 0.3) is 0 Å². The monoisotopic (exact) mass is 183 g/mol. The van der Waals surface area contributed by atoms with E-state index in [1.807, 2.05) is 7.05 Å². The third-order valence-corrected chi connectivity index (χ3v) is 2.45. The van der Waals surface area contributed by atoms with Crippen LogP contribution < -0.4 is 5.32 Å². The molecule has 1 N–H and O–H groups in total. The van der Waals surface area contributed by atoms with Gasteiger partial charge in [-0.3, -0.25) is 0 Å². The number of ether oxygens (including phenoxy) is 1. The average Bonchev–Trinajstić information content (AvgIpc) is 2.51. The van der Waals surface area contributed by atoms with Crippen molar-refractivity contribution in [1.82, 2.24) is 5.32 Å². The van der Waals surface area contributed by atoms with Gasteiger partial charge < -0.3 is 10.1 Å². The van der Waals surface area contributed by atoms with Crippen LogP contribution >= 0.6 is 0 Å². The Kier molecular flexibility index (Phi) is 5.09. The van der Waals surface area contributed by atoms with E-state index in [0.29, 0.717) is 12.2 Å². The molecule has 2 heteroatoms. The lowest BCUT2D eigenvalue weighted by Gasteiger charge is -2.07. The summed E-state index contributed by atoms with van der Waals surface area (Å²) in [5.41, 5.74) is 0. The average molecular weight is 183 g/mol. The van der Waals surface area contributed by atoms with Crippen molar-refractivity contribution in [3.05, 3.63) is 12.2 Å². The summed E-state index contributed by atoms with van der Waals surface area (Å²) in [6.07, 6.45) is 10.1. The topological polar surface area (TPSA) is 21.3 Å². The van der Waals surface area contributed by atoms with Gasteiger partial charge in [-0.2, -0.15) is 0 Å². The van der Waals surface area contributed by atoms with Crippen molar-refractivity contribution in [2.24, 2.45) is 0 Å². The summed E-state index contributed by atoms with van der Waals surface area (Å²) in [5, 5.41) is 3.12. The summed E-state index contributed by atoms with van der Waals surface area (Å²) in [5.74, 6) is 0. The molecule has 0 aromatic heterocycles. The van der Waals surface area contributed by atoms with Gasteiger partial charge in [0.05, 0.1) is 12.2 Å². The normalized spacial score (nSPS) is 28.8. The van der Waals surface area contributed by atoms with E-state index in [1.165, 1.54) is 12.8 Å². The Labute approximate surface area is 81.4 Å². The van der Waals surface area contributed by atoms with Crippen molar-refractivity contribution in [2.75, 3.05) is 13.6 Å². The molecule has 0 aromatic carbocycles. The Balaban J connectivity index is 2.02. The van der Waals surface area contributed by atoms with Gasteiger partial charge in [0.2, 0.25) is 0 Å². The number of nitrogens with one attached hydrogen (secondary N) is 1. The molecular formula is C11H21NO. The molecule has 2 atom stereocenters. The van der Waals surface area contributed by atoms with E-state index in [1.54, 1.807) is 0 Å². The smallest absolute Gasteiger partial charge is 0.0614 e. The molecule has 0 amide bonds. The molecule has 1 heterocycles. The van der Waals surface area contributed by atoms with Crippen LogP contribution in [0.1, 0.15) is 32.6 Å². The largest absolute Gasteiger partial charge is 0.375 e. The molecule has 76 valence electrons. The number of hydrogen-bond donors (Lipinski definition) is 1. The molecule has 0 bridgehead atoms. The van der Waals surface area contributed by atoms with E-state index in [-0.39, 0.29) is 0 Å². The fourth-order valence-corrected chi connectivity index (χ4v) is 1.65. The first-order valence-corrected chi connectivity index (χ1v) is 5.28. The third kappa shape index (κ3) is 4.44. The van der Waals surface area contributed by atoms with Crippen molar-refractivity contribution in [3.63, 3.8) is 0 Å². The van der Waals surface area contributed by atoms with Crippen molar-refractivity contribution < 1.29 is 4.74 Å². The van der Waals surface area contributed by atoms with Crippen molar-refractivity contribution >= 4 is 0 Å². The first kappa shape index (κ1) is 10.7. The van der Waals surface area contributed by atoms with E-state index >= 15 is 0 Å². The van der Waals surface area contributed by atoms with Crippen LogP contribution in [-0.4, -0.2) is 25.8 Å². The Morgan fingerprint density at radius 3 is 2.85 bits per heavy atom. The predicted octanol–water partition coefficient (Wildman–Crippen LogP) is 2.11. The van der Waals surface area contributed by atoms with Gasteiger partial charge in [0, 0.05) is 0 Å². The van der Waals surface area contributed by atoms with Gasteiger partial charge in [-0.05, 0) is 46.2 Å². The van der Waals surface area contributed by atoms with Gasteiger partial charge >= 0.3 is 0 Å². The second kappa shape index (κ2) is 6.17. The molecule has 1 aliphatic rings. The van der Waals surface area contributed by atoms with E-state index in [2.05, 4.69) is 24.4 Å². The summed E-state index contributed by atoms with van der Waals surface area (Å²) >= 11 is 0. The van der Waals surface area contributed by atoms with E-state index < -0.39 is 0 Å². The minimum Gasteiger partial charge on any atom is -0.375 e. The first-order valence-electron chi connectivity index (χ1n) is 5.28. The van der Waals surface area contributed by atoms with Gasteiger partial charge in [-0.15, -0.1) is 0 Å². The maximum absolute atomic E-state index is 5.70. The van der Waals surface area contributed by atoms with Gasteiger partial charge in [-0.25, -0.2) is 0 Å². The predicted molar refractivity (Wildman–Crippen MR) is 55.9 cm³/mol. The number of hydrogen-bond acceptors (Lipinski definition) is 2. The molecule has 0 aliphatic carbocycles. The molecule has 1 aliphatic heterocycles.